The molecule has 0 aromatic heterocycles. The van der Waals surface area contributed by atoms with E-state index >= 15 is 0 Å². The van der Waals surface area contributed by atoms with Crippen molar-refractivity contribution < 1.29 is 29.0 Å². The van der Waals surface area contributed by atoms with Crippen LogP contribution in [0.4, 0.5) is 5.69 Å². The van der Waals surface area contributed by atoms with Crippen molar-refractivity contribution >= 4 is 35.1 Å². The normalized spacial score (nSPS) is 27.6. The summed E-state index contributed by atoms with van der Waals surface area (Å²) in [6.45, 7) is 7.18. The number of rotatable bonds is 10. The van der Waals surface area contributed by atoms with Crippen molar-refractivity contribution in [3.05, 3.63) is 90.5 Å². The molecule has 2 amide bonds. The fourth-order valence-electron chi connectivity index (χ4n) is 6.46. The summed E-state index contributed by atoms with van der Waals surface area (Å²) in [5.41, 5.74) is 0.000923. The van der Waals surface area contributed by atoms with Gasteiger partial charge in [-0.25, -0.2) is 0 Å². The van der Waals surface area contributed by atoms with Crippen LogP contribution in [0, 0.1) is 11.8 Å². The summed E-state index contributed by atoms with van der Waals surface area (Å²) in [5, 5.41) is 11.1. The minimum atomic E-state index is -1.25. The number of carbonyl (C=O) groups is 3. The number of anilines is 1. The summed E-state index contributed by atoms with van der Waals surface area (Å²) in [6.07, 6.45) is 3.45. The first-order chi connectivity index (χ1) is 18.9. The molecule has 204 valence electrons. The molecule has 5 rings (SSSR count). The van der Waals surface area contributed by atoms with Gasteiger partial charge in [-0.15, -0.1) is 6.58 Å². The third-order valence-electron chi connectivity index (χ3n) is 8.00. The maximum atomic E-state index is 14.6. The molecule has 39 heavy (non-hydrogen) atoms. The molecule has 2 bridgehead atoms. The average molecular weight is 551 g/mol. The largest absolute Gasteiger partial charge is 0.461 e. The van der Waals surface area contributed by atoms with Gasteiger partial charge in [-0.2, -0.15) is 0 Å². The Balaban J connectivity index is 1.63. The molecule has 3 aliphatic heterocycles. The van der Waals surface area contributed by atoms with E-state index in [-0.39, 0.29) is 19.1 Å². The standard InChI is InChI=1S/C30H31ClN2O6/c1-3-16-32(21-12-10-20(31)11-13-21)28(36)26-30-15-14-23(39-30)24(29(37)38-17-4-2)25(30)27(35)33(26)22(18-34)19-8-6-5-7-9-19/h3-13,22-26,34H,1-2,14-18H2/t22-,23+,24-,25+,26?,30?/m1/s1. The van der Waals surface area contributed by atoms with Crippen molar-refractivity contribution in [3.8, 4) is 0 Å². The Labute approximate surface area is 232 Å². The molecule has 3 fully saturated rings. The third-order valence-corrected chi connectivity index (χ3v) is 8.25. The second-order valence-corrected chi connectivity index (χ2v) is 10.5. The molecular weight excluding hydrogens is 520 g/mol. The van der Waals surface area contributed by atoms with Crippen LogP contribution in [0.15, 0.2) is 79.9 Å². The van der Waals surface area contributed by atoms with E-state index in [2.05, 4.69) is 13.2 Å². The highest BCUT2D eigenvalue weighted by atomic mass is 35.5. The topological polar surface area (TPSA) is 96.4 Å². The Kier molecular flexibility index (Phi) is 7.62. The van der Waals surface area contributed by atoms with Crippen LogP contribution in [0.2, 0.25) is 5.02 Å². The highest BCUT2D eigenvalue weighted by molar-refractivity contribution is 6.30. The summed E-state index contributed by atoms with van der Waals surface area (Å²) >= 11 is 6.10. The van der Waals surface area contributed by atoms with Gasteiger partial charge in [0.15, 0.2) is 0 Å². The van der Waals surface area contributed by atoms with Gasteiger partial charge in [0.1, 0.15) is 18.2 Å². The van der Waals surface area contributed by atoms with Crippen molar-refractivity contribution in [2.24, 2.45) is 11.8 Å². The van der Waals surface area contributed by atoms with Gasteiger partial charge in [-0.1, -0.05) is 60.7 Å². The number of fused-ring (bicyclic) bond motifs is 1. The molecular formula is C30H31ClN2O6. The van der Waals surface area contributed by atoms with Crippen molar-refractivity contribution in [2.75, 3.05) is 24.7 Å². The first-order valence-electron chi connectivity index (χ1n) is 13.0. The highest BCUT2D eigenvalue weighted by Gasteiger charge is 2.75. The number of benzene rings is 2. The van der Waals surface area contributed by atoms with Gasteiger partial charge in [-0.05, 0) is 42.7 Å². The van der Waals surface area contributed by atoms with Crippen LogP contribution >= 0.6 is 11.6 Å². The van der Waals surface area contributed by atoms with Crippen LogP contribution in [-0.4, -0.2) is 65.3 Å². The number of nitrogens with zero attached hydrogens (tertiary/aromatic N) is 2. The van der Waals surface area contributed by atoms with Crippen molar-refractivity contribution in [2.45, 2.75) is 36.6 Å². The number of likely N-dealkylation sites (tertiary alicyclic amines) is 1. The lowest BCUT2D eigenvalue weighted by molar-refractivity contribution is -0.154. The van der Waals surface area contributed by atoms with Gasteiger partial charge in [0.05, 0.1) is 30.6 Å². The second-order valence-electron chi connectivity index (χ2n) is 10.0. The lowest BCUT2D eigenvalue weighted by Crippen LogP contribution is -2.57. The van der Waals surface area contributed by atoms with E-state index in [9.17, 15) is 19.5 Å². The molecule has 2 aromatic rings. The highest BCUT2D eigenvalue weighted by Crippen LogP contribution is 2.60. The fourth-order valence-corrected chi connectivity index (χ4v) is 6.59. The second kappa shape index (κ2) is 11.0. The van der Waals surface area contributed by atoms with E-state index in [0.29, 0.717) is 29.1 Å². The van der Waals surface area contributed by atoms with Crippen LogP contribution in [0.1, 0.15) is 24.4 Å². The Bertz CT molecular complexity index is 1270. The molecule has 6 atom stereocenters. The number of aliphatic hydroxyl groups is 1. The fraction of sp³-hybridized carbons (Fsp3) is 0.367. The lowest BCUT2D eigenvalue weighted by Gasteiger charge is -2.39. The number of aliphatic hydroxyl groups excluding tert-OH is 1. The van der Waals surface area contributed by atoms with Crippen LogP contribution in [-0.2, 0) is 23.9 Å². The Morgan fingerprint density at radius 2 is 1.90 bits per heavy atom. The zero-order valence-electron chi connectivity index (χ0n) is 21.4. The number of halogens is 1. The summed E-state index contributed by atoms with van der Waals surface area (Å²) in [6, 6.07) is 14.0. The van der Waals surface area contributed by atoms with Gasteiger partial charge >= 0.3 is 5.97 Å². The maximum absolute atomic E-state index is 14.6. The number of ether oxygens (including phenoxy) is 2. The van der Waals surface area contributed by atoms with Gasteiger partial charge in [0.2, 0.25) is 5.91 Å². The third kappa shape index (κ3) is 4.46. The minimum absolute atomic E-state index is 0.00893. The van der Waals surface area contributed by atoms with Gasteiger partial charge in [0.25, 0.3) is 5.91 Å². The molecule has 3 saturated heterocycles. The molecule has 2 unspecified atom stereocenters. The molecule has 0 saturated carbocycles. The number of esters is 1. The Morgan fingerprint density at radius 1 is 1.18 bits per heavy atom. The van der Waals surface area contributed by atoms with Crippen LogP contribution < -0.4 is 4.90 Å². The van der Waals surface area contributed by atoms with Crippen LogP contribution in [0.3, 0.4) is 0 Å². The molecule has 3 heterocycles. The first-order valence-corrected chi connectivity index (χ1v) is 13.4. The van der Waals surface area contributed by atoms with E-state index in [1.54, 1.807) is 42.5 Å². The van der Waals surface area contributed by atoms with Gasteiger partial charge in [0, 0.05) is 17.3 Å². The smallest absolute Gasteiger partial charge is 0.312 e. The number of hydrogen-bond donors (Lipinski definition) is 1. The van der Waals surface area contributed by atoms with E-state index in [0.717, 1.165) is 0 Å². The van der Waals surface area contributed by atoms with Crippen LogP contribution in [0.25, 0.3) is 0 Å². The molecule has 2 aromatic carbocycles. The predicted molar refractivity (Wildman–Crippen MR) is 146 cm³/mol. The van der Waals surface area contributed by atoms with Gasteiger partial charge < -0.3 is 24.4 Å². The molecule has 0 radical (unpaired) electrons. The minimum Gasteiger partial charge on any atom is -0.461 e. The molecule has 0 aliphatic carbocycles. The maximum Gasteiger partial charge on any atom is 0.312 e. The lowest BCUT2D eigenvalue weighted by atomic mass is 9.70. The van der Waals surface area contributed by atoms with Crippen molar-refractivity contribution in [1.29, 1.82) is 0 Å². The summed E-state index contributed by atoms with van der Waals surface area (Å²) in [7, 11) is 0. The van der Waals surface area contributed by atoms with Gasteiger partial charge in [-0.3, -0.25) is 14.4 Å². The summed E-state index contributed by atoms with van der Waals surface area (Å²) in [5.74, 6) is -3.12. The Hall–Kier alpha value is -3.46. The summed E-state index contributed by atoms with van der Waals surface area (Å²) < 4.78 is 11.9. The van der Waals surface area contributed by atoms with Crippen molar-refractivity contribution in [3.63, 3.8) is 0 Å². The van der Waals surface area contributed by atoms with E-state index in [1.165, 1.54) is 15.9 Å². The molecule has 1 N–H and O–H groups in total. The molecule has 9 heteroatoms. The zero-order valence-corrected chi connectivity index (χ0v) is 22.2. The SMILES string of the molecule is C=CCOC(=O)[C@@H]1[C@@H]2CCC3(O2)C(C(=O)N(CC=C)c2ccc(Cl)cc2)N([C@H](CO)c2ccccc2)C(=O)[C@H]13. The number of carbonyl (C=O) groups excluding carboxylic acids is 3. The monoisotopic (exact) mass is 550 g/mol. The molecule has 8 nitrogen and oxygen atoms in total. The number of hydrogen-bond acceptors (Lipinski definition) is 6. The average Bonchev–Trinajstić information content (AvgIpc) is 3.59. The summed E-state index contributed by atoms with van der Waals surface area (Å²) in [4.78, 5) is 45.0. The zero-order chi connectivity index (χ0) is 27.7. The van der Waals surface area contributed by atoms with Crippen LogP contribution in [0.5, 0.6) is 0 Å². The first kappa shape index (κ1) is 27.1. The quantitative estimate of drug-likeness (QED) is 0.358. The van der Waals surface area contributed by atoms with E-state index < -0.39 is 54.1 Å². The Morgan fingerprint density at radius 3 is 2.54 bits per heavy atom. The van der Waals surface area contributed by atoms with Crippen molar-refractivity contribution in [1.82, 2.24) is 4.90 Å². The van der Waals surface area contributed by atoms with E-state index in [4.69, 9.17) is 21.1 Å². The predicted octanol–water partition coefficient (Wildman–Crippen LogP) is 3.70. The number of amides is 2. The molecule has 1 spiro atoms. The van der Waals surface area contributed by atoms with E-state index in [1.807, 2.05) is 18.2 Å². The molecule has 3 aliphatic rings.